The summed E-state index contributed by atoms with van der Waals surface area (Å²) >= 11 is 0. The molecule has 0 amide bonds. The molecule has 0 radical (unpaired) electrons. The van der Waals surface area contributed by atoms with Crippen molar-refractivity contribution in [2.45, 2.75) is 6.92 Å². The number of benzene rings is 1. The van der Waals surface area contributed by atoms with Crippen LogP contribution in [0.1, 0.15) is 17.3 Å². The van der Waals surface area contributed by atoms with Gasteiger partial charge in [0.1, 0.15) is 5.36 Å². The van der Waals surface area contributed by atoms with Gasteiger partial charge in [0.15, 0.2) is 5.36 Å². The zero-order chi connectivity index (χ0) is 13.0. The molecule has 1 aromatic carbocycles. The first-order valence-corrected chi connectivity index (χ1v) is 4.86. The topological polar surface area (TPSA) is 108 Å². The van der Waals surface area contributed by atoms with Crippen molar-refractivity contribution in [3.8, 4) is 0 Å². The van der Waals surface area contributed by atoms with Crippen LogP contribution >= 0.6 is 0 Å². The van der Waals surface area contributed by atoms with Crippen LogP contribution in [0.15, 0.2) is 25.7 Å². The van der Waals surface area contributed by atoms with E-state index < -0.39 is 22.4 Å². The summed E-state index contributed by atoms with van der Waals surface area (Å²) in [5.74, 6) is -1.36. The second kappa shape index (κ2) is 5.15. The predicted molar refractivity (Wildman–Crippen MR) is 59.0 cm³/mol. The number of carbonyl (C=O) groups is 1. The number of nitrogens with one attached hydrogen (secondary N) is 1. The molecule has 0 aromatic heterocycles. The van der Waals surface area contributed by atoms with E-state index in [0.29, 0.717) is 0 Å². The molecule has 1 rings (SSSR count). The lowest BCUT2D eigenvalue weighted by Crippen LogP contribution is -2.50. The minimum Gasteiger partial charge on any atom is -0.478 e. The van der Waals surface area contributed by atoms with Crippen LogP contribution in [0.4, 0.5) is 0 Å². The SMILES string of the molecule is CCN=c1c(C(=O)O)cc(=O)/c(=N\NC)c1=O. The van der Waals surface area contributed by atoms with Gasteiger partial charge < -0.3 is 10.5 Å². The summed E-state index contributed by atoms with van der Waals surface area (Å²) in [7, 11) is 1.43. The van der Waals surface area contributed by atoms with Crippen molar-refractivity contribution < 1.29 is 9.90 Å². The van der Waals surface area contributed by atoms with Crippen LogP contribution in [0.25, 0.3) is 0 Å². The Morgan fingerprint density at radius 3 is 2.53 bits per heavy atom. The summed E-state index contributed by atoms with van der Waals surface area (Å²) < 4.78 is 0. The first kappa shape index (κ1) is 12.8. The number of nitrogens with zero attached hydrogens (tertiary/aromatic N) is 2. The molecule has 0 saturated carbocycles. The van der Waals surface area contributed by atoms with Crippen LogP contribution in [-0.4, -0.2) is 24.7 Å². The molecule has 0 aliphatic rings. The van der Waals surface area contributed by atoms with Crippen molar-refractivity contribution in [2.24, 2.45) is 10.1 Å². The van der Waals surface area contributed by atoms with Crippen LogP contribution in [0.5, 0.6) is 0 Å². The van der Waals surface area contributed by atoms with Gasteiger partial charge in [-0.25, -0.2) is 4.79 Å². The van der Waals surface area contributed by atoms with Gasteiger partial charge in [-0.1, -0.05) is 0 Å². The van der Waals surface area contributed by atoms with Gasteiger partial charge in [0.05, 0.1) is 5.56 Å². The Morgan fingerprint density at radius 1 is 1.41 bits per heavy atom. The van der Waals surface area contributed by atoms with Gasteiger partial charge >= 0.3 is 5.97 Å². The second-order valence-corrected chi connectivity index (χ2v) is 3.06. The van der Waals surface area contributed by atoms with E-state index in [4.69, 9.17) is 5.11 Å². The number of carboxylic acid groups (broad SMARTS) is 1. The van der Waals surface area contributed by atoms with E-state index in [2.05, 4.69) is 15.5 Å². The standard InChI is InChI=1S/C10H11N3O4/c1-3-12-7-5(10(16)17)4-6(14)8(9(7)15)13-11-2/h4,11H,3H2,1-2H3,(H,16,17)/b12-7?,13-8+. The largest absolute Gasteiger partial charge is 0.478 e. The molecule has 0 spiro atoms. The maximum atomic E-state index is 11.8. The van der Waals surface area contributed by atoms with Crippen LogP contribution in [0, 0.1) is 0 Å². The van der Waals surface area contributed by atoms with E-state index >= 15 is 0 Å². The first-order chi connectivity index (χ1) is 8.02. The van der Waals surface area contributed by atoms with Crippen LogP contribution < -0.4 is 27.0 Å². The Kier molecular flexibility index (Phi) is 3.86. The third-order valence-electron chi connectivity index (χ3n) is 1.96. The quantitative estimate of drug-likeness (QED) is 0.587. The van der Waals surface area contributed by atoms with Crippen molar-refractivity contribution in [3.63, 3.8) is 0 Å². The molecule has 0 aliphatic carbocycles. The first-order valence-electron chi connectivity index (χ1n) is 4.86. The van der Waals surface area contributed by atoms with Gasteiger partial charge in [-0.3, -0.25) is 14.6 Å². The highest BCUT2D eigenvalue weighted by Gasteiger charge is 2.13. The normalized spacial score (nSPS) is 12.8. The highest BCUT2D eigenvalue weighted by atomic mass is 16.4. The highest BCUT2D eigenvalue weighted by molar-refractivity contribution is 5.87. The Labute approximate surface area is 95.5 Å². The average molecular weight is 237 g/mol. The molecule has 0 atom stereocenters. The molecule has 90 valence electrons. The lowest BCUT2D eigenvalue weighted by Gasteiger charge is -1.94. The third-order valence-corrected chi connectivity index (χ3v) is 1.96. The molecule has 7 nitrogen and oxygen atoms in total. The molecule has 2 N–H and O–H groups in total. The summed E-state index contributed by atoms with van der Waals surface area (Å²) in [5, 5.41) is 11.8. The van der Waals surface area contributed by atoms with Crippen LogP contribution in [-0.2, 0) is 0 Å². The number of carboxylic acids is 1. The van der Waals surface area contributed by atoms with E-state index in [-0.39, 0.29) is 17.3 Å². The molecule has 0 unspecified atom stereocenters. The zero-order valence-corrected chi connectivity index (χ0v) is 9.35. The van der Waals surface area contributed by atoms with Crippen molar-refractivity contribution in [2.75, 3.05) is 13.6 Å². The minimum atomic E-state index is -1.36. The van der Waals surface area contributed by atoms with Crippen molar-refractivity contribution >= 4 is 5.97 Å². The number of aromatic carboxylic acids is 1. The highest BCUT2D eigenvalue weighted by Crippen LogP contribution is 1.82. The van der Waals surface area contributed by atoms with Crippen LogP contribution in [0.2, 0.25) is 0 Å². The van der Waals surface area contributed by atoms with E-state index in [9.17, 15) is 14.4 Å². The summed E-state index contributed by atoms with van der Waals surface area (Å²) in [4.78, 5) is 38.0. The third kappa shape index (κ3) is 2.44. The number of hydrogen-bond donors (Lipinski definition) is 2. The molecule has 17 heavy (non-hydrogen) atoms. The molecular weight excluding hydrogens is 226 g/mol. The number of hydrogen-bond acceptors (Lipinski definition) is 6. The van der Waals surface area contributed by atoms with Gasteiger partial charge in [-0.05, 0) is 6.92 Å². The molecule has 7 heteroatoms. The second-order valence-electron chi connectivity index (χ2n) is 3.06. The summed E-state index contributed by atoms with van der Waals surface area (Å²) in [6.45, 7) is 1.90. The fourth-order valence-electron chi connectivity index (χ4n) is 1.31. The summed E-state index contributed by atoms with van der Waals surface area (Å²) in [5.41, 5.74) is 0.417. The molecule has 0 bridgehead atoms. The fraction of sp³-hybridized carbons (Fsp3) is 0.300. The van der Waals surface area contributed by atoms with Crippen molar-refractivity contribution in [1.82, 2.24) is 5.43 Å². The van der Waals surface area contributed by atoms with Gasteiger partial charge in [0.2, 0.25) is 10.9 Å². The lowest BCUT2D eigenvalue weighted by atomic mass is 10.2. The molecule has 0 aliphatic heterocycles. The minimum absolute atomic E-state index is 0.242. The molecule has 1 aromatic rings. The van der Waals surface area contributed by atoms with Gasteiger partial charge in [0.25, 0.3) is 0 Å². The van der Waals surface area contributed by atoms with Gasteiger partial charge in [-0.15, -0.1) is 0 Å². The summed E-state index contributed by atoms with van der Waals surface area (Å²) in [6, 6.07) is 0.856. The van der Waals surface area contributed by atoms with E-state index in [1.165, 1.54) is 7.05 Å². The molecule has 0 heterocycles. The van der Waals surface area contributed by atoms with E-state index in [1.807, 2.05) is 0 Å². The van der Waals surface area contributed by atoms with Gasteiger partial charge in [-0.2, -0.15) is 5.10 Å². The maximum Gasteiger partial charge on any atom is 0.338 e. The maximum absolute atomic E-state index is 11.8. The number of rotatable bonds is 3. The Bertz CT molecular complexity index is 654. The molecular formula is C10H11N3O4. The van der Waals surface area contributed by atoms with Crippen molar-refractivity contribution in [1.29, 1.82) is 0 Å². The predicted octanol–water partition coefficient (Wildman–Crippen LogP) is -2.06. The summed E-state index contributed by atoms with van der Waals surface area (Å²) in [6.07, 6.45) is 0. The Balaban J connectivity index is 3.92. The van der Waals surface area contributed by atoms with E-state index in [0.717, 1.165) is 6.07 Å². The van der Waals surface area contributed by atoms with Gasteiger partial charge in [0, 0.05) is 19.7 Å². The zero-order valence-electron chi connectivity index (χ0n) is 9.35. The average Bonchev–Trinajstić information content (AvgIpc) is 2.27. The Hall–Kier alpha value is -2.31. The lowest BCUT2D eigenvalue weighted by molar-refractivity contribution is 0.0694. The monoisotopic (exact) mass is 237 g/mol. The molecule has 0 saturated heterocycles. The Morgan fingerprint density at radius 2 is 2.06 bits per heavy atom. The van der Waals surface area contributed by atoms with Crippen LogP contribution in [0.3, 0.4) is 0 Å². The van der Waals surface area contributed by atoms with Crippen molar-refractivity contribution in [3.05, 3.63) is 42.8 Å². The fourth-order valence-corrected chi connectivity index (χ4v) is 1.31. The smallest absolute Gasteiger partial charge is 0.338 e. The molecule has 0 fully saturated rings. The van der Waals surface area contributed by atoms with E-state index in [1.54, 1.807) is 6.92 Å².